The summed E-state index contributed by atoms with van der Waals surface area (Å²) in [6, 6.07) is 0. The molecule has 21 heavy (non-hydrogen) atoms. The van der Waals surface area contributed by atoms with E-state index in [2.05, 4.69) is 20.5 Å². The maximum Gasteiger partial charge on any atom is 0.253 e. The number of hydrogen-bond acceptors (Lipinski definition) is 4. The lowest BCUT2D eigenvalue weighted by atomic mass is 10.2. The van der Waals surface area contributed by atoms with Gasteiger partial charge in [0.15, 0.2) is 5.82 Å². The molecule has 2 aromatic rings. The van der Waals surface area contributed by atoms with Crippen LogP contribution in [0.5, 0.6) is 0 Å². The van der Waals surface area contributed by atoms with E-state index in [-0.39, 0.29) is 6.54 Å². The largest absolute Gasteiger partial charge is 0.373 e. The first kappa shape index (κ1) is 13.8. The molecular formula is C12H11F4N5. The van der Waals surface area contributed by atoms with E-state index in [0.717, 1.165) is 25.1 Å². The number of nitrogens with zero attached hydrogens (tertiary/aromatic N) is 4. The van der Waals surface area contributed by atoms with Crippen molar-refractivity contribution in [1.29, 1.82) is 0 Å². The maximum atomic E-state index is 13.5. The van der Waals surface area contributed by atoms with E-state index in [4.69, 9.17) is 0 Å². The third kappa shape index (κ3) is 2.43. The Hall–Kier alpha value is -2.19. The maximum absolute atomic E-state index is 13.5. The topological polar surface area (TPSA) is 55.6 Å². The number of halogens is 4. The van der Waals surface area contributed by atoms with Crippen LogP contribution < -0.4 is 5.32 Å². The molecule has 9 heteroatoms. The van der Waals surface area contributed by atoms with Gasteiger partial charge >= 0.3 is 0 Å². The summed E-state index contributed by atoms with van der Waals surface area (Å²) >= 11 is 0. The first-order chi connectivity index (χ1) is 10.1. The predicted molar refractivity (Wildman–Crippen MR) is 64.4 cm³/mol. The average molecular weight is 301 g/mol. The van der Waals surface area contributed by atoms with Crippen LogP contribution in [0, 0.1) is 23.5 Å². The quantitative estimate of drug-likeness (QED) is 0.697. The van der Waals surface area contributed by atoms with Crippen LogP contribution in [-0.4, -0.2) is 19.7 Å². The Bertz CT molecular complexity index is 659. The molecule has 3 heterocycles. The molecule has 0 radical (unpaired) electrons. The van der Waals surface area contributed by atoms with Crippen LogP contribution in [0.3, 0.4) is 0 Å². The van der Waals surface area contributed by atoms with Gasteiger partial charge in [-0.3, -0.25) is 0 Å². The fourth-order valence-corrected chi connectivity index (χ4v) is 2.31. The molecule has 1 aliphatic heterocycles. The highest BCUT2D eigenvalue weighted by atomic mass is 19.2. The minimum atomic E-state index is -1.69. The minimum Gasteiger partial charge on any atom is -0.373 e. The van der Waals surface area contributed by atoms with Gasteiger partial charge in [-0.15, -0.1) is 10.2 Å². The summed E-state index contributed by atoms with van der Waals surface area (Å²) in [4.78, 5) is 2.49. The van der Waals surface area contributed by atoms with Crippen molar-refractivity contribution in [3.05, 3.63) is 35.2 Å². The molecule has 0 saturated carbocycles. The molecule has 0 atom stereocenters. The number of fused-ring (bicyclic) bond motifs is 1. The van der Waals surface area contributed by atoms with Crippen molar-refractivity contribution in [2.75, 3.05) is 5.32 Å². The Balaban J connectivity index is 1.84. The van der Waals surface area contributed by atoms with Crippen molar-refractivity contribution < 1.29 is 17.6 Å². The molecule has 0 saturated heterocycles. The first-order valence-corrected chi connectivity index (χ1v) is 6.42. The Labute approximate surface area is 117 Å². The Kier molecular flexibility index (Phi) is 3.48. The SMILES string of the molecule is Fc1nc(F)c(F)c(NCc2nnc3n2CCCC3)c1F. The molecule has 3 rings (SSSR count). The van der Waals surface area contributed by atoms with Gasteiger partial charge in [0, 0.05) is 13.0 Å². The molecule has 0 amide bonds. The number of pyridine rings is 1. The Morgan fingerprint density at radius 3 is 2.43 bits per heavy atom. The summed E-state index contributed by atoms with van der Waals surface area (Å²) in [6.45, 7) is 0.618. The zero-order valence-electron chi connectivity index (χ0n) is 10.8. The summed E-state index contributed by atoms with van der Waals surface area (Å²) in [7, 11) is 0. The molecular weight excluding hydrogens is 290 g/mol. The van der Waals surface area contributed by atoms with Gasteiger partial charge in [-0.2, -0.15) is 22.5 Å². The molecule has 0 fully saturated rings. The third-order valence-corrected chi connectivity index (χ3v) is 3.36. The summed E-state index contributed by atoms with van der Waals surface area (Å²) in [5, 5.41) is 10.2. The standard InChI is InChI=1S/C12H11F4N5/c13-8-10(9(14)12(16)18-11(8)15)17-5-7-20-19-6-3-1-2-4-21(6)7/h1-5H2,(H,17,18). The molecule has 5 nitrogen and oxygen atoms in total. The van der Waals surface area contributed by atoms with Gasteiger partial charge in [0.2, 0.25) is 11.6 Å². The highest BCUT2D eigenvalue weighted by Crippen LogP contribution is 2.23. The number of aromatic nitrogens is 4. The van der Waals surface area contributed by atoms with Crippen molar-refractivity contribution in [3.8, 4) is 0 Å². The highest BCUT2D eigenvalue weighted by Gasteiger charge is 2.22. The second kappa shape index (κ2) is 5.30. The van der Waals surface area contributed by atoms with Gasteiger partial charge in [-0.25, -0.2) is 0 Å². The fourth-order valence-electron chi connectivity index (χ4n) is 2.31. The second-order valence-electron chi connectivity index (χ2n) is 4.69. The second-order valence-corrected chi connectivity index (χ2v) is 4.69. The molecule has 0 aliphatic carbocycles. The van der Waals surface area contributed by atoms with Crippen LogP contribution in [0.15, 0.2) is 0 Å². The molecule has 112 valence electrons. The molecule has 2 aromatic heterocycles. The monoisotopic (exact) mass is 301 g/mol. The summed E-state index contributed by atoms with van der Waals surface area (Å²) < 4.78 is 54.7. The van der Waals surface area contributed by atoms with E-state index in [1.54, 1.807) is 0 Å². The third-order valence-electron chi connectivity index (χ3n) is 3.36. The number of anilines is 1. The van der Waals surface area contributed by atoms with Crippen LogP contribution in [-0.2, 0) is 19.5 Å². The van der Waals surface area contributed by atoms with Gasteiger partial charge in [-0.05, 0) is 12.8 Å². The Morgan fingerprint density at radius 2 is 1.71 bits per heavy atom. The molecule has 1 aliphatic rings. The van der Waals surface area contributed by atoms with Crippen LogP contribution in [0.4, 0.5) is 23.2 Å². The van der Waals surface area contributed by atoms with Crippen LogP contribution >= 0.6 is 0 Å². The lowest BCUT2D eigenvalue weighted by Crippen LogP contribution is -2.16. The van der Waals surface area contributed by atoms with Gasteiger partial charge in [-0.1, -0.05) is 0 Å². The minimum absolute atomic E-state index is 0.0935. The van der Waals surface area contributed by atoms with Crippen LogP contribution in [0.25, 0.3) is 0 Å². The zero-order chi connectivity index (χ0) is 15.0. The fraction of sp³-hybridized carbons (Fsp3) is 0.417. The van der Waals surface area contributed by atoms with Gasteiger partial charge in [0.1, 0.15) is 11.5 Å². The normalized spacial score (nSPS) is 14.1. The lowest BCUT2D eigenvalue weighted by Gasteiger charge is -2.15. The van der Waals surface area contributed by atoms with Gasteiger partial charge in [0.25, 0.3) is 11.9 Å². The lowest BCUT2D eigenvalue weighted by molar-refractivity contribution is 0.410. The number of nitrogens with one attached hydrogen (secondary N) is 1. The van der Waals surface area contributed by atoms with Crippen molar-refractivity contribution >= 4 is 5.69 Å². The van der Waals surface area contributed by atoms with Crippen LogP contribution in [0.1, 0.15) is 24.5 Å². The summed E-state index contributed by atoms with van der Waals surface area (Å²) in [5.41, 5.74) is -0.895. The summed E-state index contributed by atoms with van der Waals surface area (Å²) in [5.74, 6) is -5.26. The first-order valence-electron chi connectivity index (χ1n) is 6.42. The zero-order valence-corrected chi connectivity index (χ0v) is 10.8. The van der Waals surface area contributed by atoms with Crippen molar-refractivity contribution in [2.24, 2.45) is 0 Å². The van der Waals surface area contributed by atoms with E-state index in [9.17, 15) is 17.6 Å². The molecule has 0 aromatic carbocycles. The van der Waals surface area contributed by atoms with Crippen LogP contribution in [0.2, 0.25) is 0 Å². The molecule has 1 N–H and O–H groups in total. The summed E-state index contributed by atoms with van der Waals surface area (Å²) in [6.07, 6.45) is 2.75. The van der Waals surface area contributed by atoms with Crippen molar-refractivity contribution in [3.63, 3.8) is 0 Å². The van der Waals surface area contributed by atoms with Gasteiger partial charge < -0.3 is 9.88 Å². The number of rotatable bonds is 3. The van der Waals surface area contributed by atoms with E-state index in [1.165, 1.54) is 0 Å². The van der Waals surface area contributed by atoms with E-state index >= 15 is 0 Å². The molecule has 0 bridgehead atoms. The van der Waals surface area contributed by atoms with E-state index in [0.29, 0.717) is 12.4 Å². The van der Waals surface area contributed by atoms with Crippen molar-refractivity contribution in [2.45, 2.75) is 32.4 Å². The van der Waals surface area contributed by atoms with E-state index < -0.39 is 29.2 Å². The smallest absolute Gasteiger partial charge is 0.253 e. The highest BCUT2D eigenvalue weighted by molar-refractivity contribution is 5.45. The molecule has 0 unspecified atom stereocenters. The number of aryl methyl sites for hydroxylation is 1. The Morgan fingerprint density at radius 1 is 1.00 bits per heavy atom. The predicted octanol–water partition coefficient (Wildman–Crippen LogP) is 2.18. The van der Waals surface area contributed by atoms with Crippen molar-refractivity contribution in [1.82, 2.24) is 19.7 Å². The average Bonchev–Trinajstić information content (AvgIpc) is 2.89. The van der Waals surface area contributed by atoms with Gasteiger partial charge in [0.05, 0.1) is 6.54 Å². The number of hydrogen-bond donors (Lipinski definition) is 1. The molecule has 0 spiro atoms. The van der Waals surface area contributed by atoms with E-state index in [1.807, 2.05) is 4.57 Å².